The van der Waals surface area contributed by atoms with Gasteiger partial charge >= 0.3 is 18.5 Å². The maximum Gasteiger partial charge on any atom is 0.406 e. The third-order valence-electron chi connectivity index (χ3n) is 20.2. The minimum atomic E-state index is -4.42. The lowest BCUT2D eigenvalue weighted by molar-refractivity contribution is -0.140. The van der Waals surface area contributed by atoms with Crippen molar-refractivity contribution in [3.8, 4) is 5.88 Å². The third kappa shape index (κ3) is 19.8. The van der Waals surface area contributed by atoms with Gasteiger partial charge in [0.25, 0.3) is 0 Å². The number of hydrogen-bond acceptors (Lipinski definition) is 23. The summed E-state index contributed by atoms with van der Waals surface area (Å²) in [5.74, 6) is 1.99. The smallest absolute Gasteiger partial charge is 0.406 e. The Morgan fingerprint density at radius 2 is 0.711 bits per heavy atom. The van der Waals surface area contributed by atoms with Crippen LogP contribution in [0.25, 0.3) is 84.2 Å². The van der Waals surface area contributed by atoms with Gasteiger partial charge in [0.15, 0.2) is 39.5 Å². The number of fused-ring (bicyclic) bond motifs is 7. The summed E-state index contributed by atoms with van der Waals surface area (Å²) < 4.78 is 129. The zero-order valence-electron chi connectivity index (χ0n) is 64.5. The highest BCUT2D eigenvalue weighted by molar-refractivity contribution is 6.42. The van der Waals surface area contributed by atoms with Gasteiger partial charge < -0.3 is 44.9 Å². The zero-order valence-corrected chi connectivity index (χ0v) is 69.8. The topological polar surface area (TPSA) is 424 Å². The Labute approximate surface area is 715 Å². The van der Waals surface area contributed by atoms with Crippen molar-refractivity contribution < 1.29 is 44.3 Å². The van der Waals surface area contributed by atoms with Crippen LogP contribution in [0.15, 0.2) is 73.4 Å². The molecule has 31 nitrogen and oxygen atoms in total. The van der Waals surface area contributed by atoms with Crippen LogP contribution in [0.5, 0.6) is 5.88 Å². The molecule has 0 spiro atoms. The minimum Gasteiger partial charge on any atom is -0.471 e. The molecular formula is C74H76Cl7F9N30O. The molecule has 0 unspecified atom stereocenters. The predicted molar refractivity (Wildman–Crippen MR) is 450 cm³/mol. The number of anilines is 7. The van der Waals surface area contributed by atoms with Gasteiger partial charge in [0, 0.05) is 43.5 Å². The van der Waals surface area contributed by atoms with Crippen LogP contribution in [0.4, 0.5) is 81.2 Å². The van der Waals surface area contributed by atoms with Gasteiger partial charge in [0.2, 0.25) is 47.5 Å². The second kappa shape index (κ2) is 35.6. The quantitative estimate of drug-likeness (QED) is 0.0467. The zero-order chi connectivity index (χ0) is 87.2. The third-order valence-corrected chi connectivity index (χ3v) is 22.7. The van der Waals surface area contributed by atoms with Crippen molar-refractivity contribution in [3.63, 3.8) is 0 Å². The SMILES string of the molecule is C=Cc1ccc2nc(N)n(CC(F)(F)F)c2n1.Cc1cc2nc(N)n(C3CCC3)c2nc1Cl.Cc1cc2nc(N)n(CC(F)(F)F)c2nc1Cl.Cc1nc2c(cc1Cl)nc(N)n2C1CCC1.Cn1nccc1COc1ccc2nc(N)n(C3CCC3)c2n1.Nc1nc2cc(Cl)c(Cl)nc2n1C1CCC1.Nc1nc2cc(Cl)c(Cl)nc2n1CC(F)(F)F. The summed E-state index contributed by atoms with van der Waals surface area (Å²) in [6.45, 7) is 5.73. The van der Waals surface area contributed by atoms with E-state index in [1.54, 1.807) is 42.1 Å². The lowest BCUT2D eigenvalue weighted by Crippen LogP contribution is -2.19. The lowest BCUT2D eigenvalue weighted by Gasteiger charge is -2.27. The molecule has 0 saturated heterocycles. The number of alkyl halides is 9. The van der Waals surface area contributed by atoms with Crippen molar-refractivity contribution in [2.24, 2.45) is 7.05 Å². The largest absolute Gasteiger partial charge is 0.471 e. The van der Waals surface area contributed by atoms with Crippen molar-refractivity contribution in [2.75, 3.05) is 40.1 Å². The number of aromatic nitrogens is 23. The van der Waals surface area contributed by atoms with Crippen LogP contribution in [-0.2, 0) is 33.3 Å². The van der Waals surface area contributed by atoms with Gasteiger partial charge in [0.1, 0.15) is 85.5 Å². The Kier molecular flexibility index (Phi) is 25.9. The van der Waals surface area contributed by atoms with Crippen LogP contribution in [0, 0.1) is 20.8 Å². The summed E-state index contributed by atoms with van der Waals surface area (Å²) in [5, 5.41) is 6.17. The molecule has 15 aromatic rings. The first-order chi connectivity index (χ1) is 57.2. The molecular weight excluding hydrogens is 1740 g/mol. The molecule has 4 saturated carbocycles. The van der Waals surface area contributed by atoms with E-state index in [1.807, 2.05) is 69.5 Å². The van der Waals surface area contributed by atoms with Gasteiger partial charge in [-0.05, 0) is 170 Å². The van der Waals surface area contributed by atoms with Gasteiger partial charge in [0.05, 0.1) is 32.1 Å². The van der Waals surface area contributed by atoms with E-state index in [0.29, 0.717) is 109 Å². The monoisotopic (exact) mass is 1820 g/mol. The fraction of sp³-hybridized carbons (Fsp3) is 0.365. The Morgan fingerprint density at radius 3 is 1.11 bits per heavy atom. The van der Waals surface area contributed by atoms with Gasteiger partial charge in [-0.3, -0.25) is 36.7 Å². The van der Waals surface area contributed by atoms with Crippen LogP contribution in [0.1, 0.15) is 129 Å². The van der Waals surface area contributed by atoms with Crippen LogP contribution < -0.4 is 44.9 Å². The van der Waals surface area contributed by atoms with Crippen LogP contribution in [0.3, 0.4) is 0 Å². The maximum atomic E-state index is 12.4. The summed E-state index contributed by atoms with van der Waals surface area (Å²) in [6.07, 6.45) is 4.16. The molecule has 4 aliphatic rings. The highest BCUT2D eigenvalue weighted by Crippen LogP contribution is 2.42. The number of pyridine rings is 7. The molecule has 15 heterocycles. The Balaban J connectivity index is 0.000000122. The van der Waals surface area contributed by atoms with Crippen molar-refractivity contribution in [3.05, 3.63) is 137 Å². The van der Waals surface area contributed by atoms with Gasteiger partial charge in [-0.2, -0.15) is 49.6 Å². The van der Waals surface area contributed by atoms with Crippen molar-refractivity contribution >= 4 is 207 Å². The molecule has 640 valence electrons. The van der Waals surface area contributed by atoms with Gasteiger partial charge in [-0.1, -0.05) is 87.8 Å². The highest BCUT2D eigenvalue weighted by atomic mass is 35.5. The summed E-state index contributed by atoms with van der Waals surface area (Å²) in [6, 6.07) is 18.9. The first kappa shape index (κ1) is 87.9. The molecule has 0 aromatic carbocycles. The molecule has 0 bridgehead atoms. The molecule has 15 aromatic heterocycles. The van der Waals surface area contributed by atoms with Crippen LogP contribution in [0.2, 0.25) is 35.7 Å². The standard InChI is InChI=1S/C15H18N6O.2C11H13ClN4.C10H10Cl2N4.C10H9F3N4.C9H8ClF3N4.C8H5Cl2F3N4/c1-20-11(7-8-17-20)9-22-13-6-5-12-14(19-13)21(15(16)18-12)10-3-2-4-10;1-6-8(12)5-9-10(14-6)16(11(13)15-9)7-3-2-4-7;1-6-5-8-10(15-9(6)12)16(11(13)14-8)7-3-2-4-7;11-6-4-7-9(15-8(6)12)16(10(13)14-7)5-2-1-3-5;1-2-6-3-4-7-8(15-6)17(9(14)16-7)5-10(11,12)13;1-4-2-5-7(16-6(4)10)17(8(14)15-5)3-9(11,12)13;9-3-1-4-6(16-5(3)10)17(7(14)15-4)2-8(11,12)13/h5-8,10H,2-4,9H2,1H3,(H2,16,18);5,7H,2-4H2,1H3,(H2,13,15);5,7H,2-4H2,1H3,(H2,13,14);4-5H,1-3H2,(H2,13,14);2-4H,1,5H2,(H2,14,16);2H,3H2,1H3,(H2,14,15);1H,2H2,(H2,14,15). The van der Waals surface area contributed by atoms with E-state index < -0.39 is 38.2 Å². The molecule has 4 aliphatic carbocycles. The molecule has 4 fully saturated rings. The number of imidazole rings is 7. The normalized spacial score (nSPS) is 14.5. The highest BCUT2D eigenvalue weighted by Gasteiger charge is 2.35. The number of hydrogen-bond donors (Lipinski definition) is 7. The fourth-order valence-corrected chi connectivity index (χ4v) is 14.3. The molecule has 0 amide bonds. The fourth-order valence-electron chi connectivity index (χ4n) is 13.3. The van der Waals surface area contributed by atoms with Crippen molar-refractivity contribution in [2.45, 2.75) is 167 Å². The first-order valence-corrected chi connectivity index (χ1v) is 39.9. The molecule has 47 heteroatoms. The minimum absolute atomic E-state index is 0.0374. The molecule has 0 radical (unpaired) electrons. The first-order valence-electron chi connectivity index (χ1n) is 37.2. The van der Waals surface area contributed by atoms with E-state index in [0.717, 1.165) is 108 Å². The van der Waals surface area contributed by atoms with Gasteiger partial charge in [-0.15, -0.1) is 0 Å². The van der Waals surface area contributed by atoms with Gasteiger partial charge in [-0.25, -0.2) is 64.8 Å². The van der Waals surface area contributed by atoms with E-state index in [-0.39, 0.29) is 55.6 Å². The molecule has 19 rings (SSSR count). The number of halogens is 16. The van der Waals surface area contributed by atoms with Crippen molar-refractivity contribution in [1.29, 1.82) is 0 Å². The number of nitrogen functional groups attached to an aromatic ring is 7. The molecule has 14 N–H and O–H groups in total. The second-order valence-electron chi connectivity index (χ2n) is 28.7. The molecule has 0 aliphatic heterocycles. The number of aryl methyl sites for hydroxylation is 4. The second-order valence-corrected chi connectivity index (χ2v) is 31.4. The summed E-state index contributed by atoms with van der Waals surface area (Å²) >= 11 is 40.9. The number of rotatable bonds is 11. The number of ether oxygens (including phenoxy) is 1. The van der Waals surface area contributed by atoms with E-state index >= 15 is 0 Å². The predicted octanol–water partition coefficient (Wildman–Crippen LogP) is 18.1. The van der Waals surface area contributed by atoms with Crippen LogP contribution in [-0.4, -0.2) is 130 Å². The van der Waals surface area contributed by atoms with E-state index in [4.69, 9.17) is 126 Å². The van der Waals surface area contributed by atoms with E-state index in [2.05, 4.69) is 81.5 Å². The van der Waals surface area contributed by atoms with E-state index in [1.165, 1.54) is 50.7 Å². The summed E-state index contributed by atoms with van der Waals surface area (Å²) in [4.78, 5) is 58.0. The number of nitrogens with two attached hydrogens (primary N) is 7. The number of nitrogens with zero attached hydrogens (tertiary/aromatic N) is 23. The molecule has 0 atom stereocenters. The Morgan fingerprint density at radius 1 is 0.388 bits per heavy atom. The van der Waals surface area contributed by atoms with Crippen LogP contribution >= 0.6 is 81.2 Å². The average Bonchev–Trinajstić information content (AvgIpc) is 1.60. The molecule has 121 heavy (non-hydrogen) atoms. The Hall–Kier alpha value is -10.9. The van der Waals surface area contributed by atoms with Crippen molar-refractivity contribution in [1.82, 2.24) is 112 Å². The maximum absolute atomic E-state index is 12.4. The summed E-state index contributed by atoms with van der Waals surface area (Å²) in [7, 11) is 1.89. The Bertz CT molecular complexity index is 6000. The summed E-state index contributed by atoms with van der Waals surface area (Å²) in [5.41, 5.74) is 51.2. The average molecular weight is 1820 g/mol. The van der Waals surface area contributed by atoms with E-state index in [9.17, 15) is 39.5 Å². The lowest BCUT2D eigenvalue weighted by atomic mass is 9.93.